The molecule has 1 spiro atoms. The molecule has 1 aliphatic heterocycles. The van der Waals surface area contributed by atoms with Crippen molar-refractivity contribution in [3.63, 3.8) is 0 Å². The van der Waals surface area contributed by atoms with Crippen molar-refractivity contribution in [3.8, 4) is 0 Å². The quantitative estimate of drug-likeness (QED) is 0.405. The Morgan fingerprint density at radius 1 is 1.42 bits per heavy atom. The number of hydrogen-bond acceptors (Lipinski definition) is 6. The average Bonchev–Trinajstić information content (AvgIpc) is 2.95. The van der Waals surface area contributed by atoms with Gasteiger partial charge in [0.25, 0.3) is 0 Å². The molecule has 4 bridgehead atoms. The molecule has 0 aromatic carbocycles. The number of aliphatic hydroxyl groups excluding tert-OH is 1. The Morgan fingerprint density at radius 2 is 2.12 bits per heavy atom. The summed E-state index contributed by atoms with van der Waals surface area (Å²) in [7, 11) is 0. The first kappa shape index (κ1) is 17.7. The summed E-state index contributed by atoms with van der Waals surface area (Å²) in [4.78, 5) is 25.1. The van der Waals surface area contributed by atoms with Crippen LogP contribution in [0.2, 0.25) is 0 Å². The number of carboxylic acid groups (broad SMARTS) is 1. The van der Waals surface area contributed by atoms with Gasteiger partial charge in [0.15, 0.2) is 0 Å². The standard InChI is InChI=1S/C19H22O6.H3N/c1-9-7-17-8-18(9,24)5-3-10(17)19-6-4-11(20)16(2,15(23)25-19)13(19)12(17)14(21)22;/h4,6,10-13,20,24H,1,3,5,7-8H2,2H3,(H,21,22);1H3/t10-,11+,12-,13-,16-,17+,18+,19-;/m1./s1. The zero-order chi connectivity index (χ0) is 18.0. The fraction of sp³-hybridized carbons (Fsp3) is 0.684. The van der Waals surface area contributed by atoms with E-state index >= 15 is 0 Å². The van der Waals surface area contributed by atoms with Crippen molar-refractivity contribution in [2.45, 2.75) is 49.9 Å². The second-order valence-corrected chi connectivity index (χ2v) is 8.94. The van der Waals surface area contributed by atoms with Gasteiger partial charge in [0.1, 0.15) is 11.0 Å². The number of carbonyl (C=O) groups excluding carboxylic acids is 1. The predicted octanol–water partition coefficient (Wildman–Crippen LogP) is 1.19. The van der Waals surface area contributed by atoms with Crippen LogP contribution < -0.4 is 6.15 Å². The second kappa shape index (κ2) is 4.58. The van der Waals surface area contributed by atoms with Gasteiger partial charge < -0.3 is 26.2 Å². The number of aliphatic carboxylic acids is 1. The first-order chi connectivity index (χ1) is 11.6. The van der Waals surface area contributed by atoms with E-state index in [1.165, 1.54) is 0 Å². The van der Waals surface area contributed by atoms with Crippen LogP contribution in [0.5, 0.6) is 0 Å². The van der Waals surface area contributed by atoms with Gasteiger partial charge in [-0.2, -0.15) is 0 Å². The minimum Gasteiger partial charge on any atom is -0.481 e. The van der Waals surface area contributed by atoms with Crippen molar-refractivity contribution < 1.29 is 29.6 Å². The van der Waals surface area contributed by atoms with Crippen LogP contribution in [0.3, 0.4) is 0 Å². The van der Waals surface area contributed by atoms with Crippen LogP contribution in [-0.2, 0) is 14.3 Å². The van der Waals surface area contributed by atoms with Gasteiger partial charge in [0.05, 0.1) is 17.6 Å². The summed E-state index contributed by atoms with van der Waals surface area (Å²) in [6, 6.07) is 0. The molecule has 26 heavy (non-hydrogen) atoms. The summed E-state index contributed by atoms with van der Waals surface area (Å²) >= 11 is 0. The third-order valence-electron chi connectivity index (χ3n) is 8.12. The van der Waals surface area contributed by atoms with Gasteiger partial charge in [-0.05, 0) is 49.7 Å². The van der Waals surface area contributed by atoms with Crippen LogP contribution >= 0.6 is 0 Å². The van der Waals surface area contributed by atoms with Gasteiger partial charge in [0, 0.05) is 11.8 Å². The molecule has 6 N–H and O–H groups in total. The molecular weight excluding hydrogens is 338 g/mol. The molecule has 4 aliphatic carbocycles. The molecule has 5 rings (SSSR count). The molecule has 0 amide bonds. The molecule has 8 atom stereocenters. The third-order valence-corrected chi connectivity index (χ3v) is 8.12. The van der Waals surface area contributed by atoms with Crippen LogP contribution in [-0.4, -0.2) is 44.6 Å². The molecule has 1 saturated heterocycles. The van der Waals surface area contributed by atoms with Crippen LogP contribution in [0.1, 0.15) is 32.6 Å². The zero-order valence-corrected chi connectivity index (χ0v) is 14.8. The normalized spacial score (nSPS) is 55.8. The predicted molar refractivity (Wildman–Crippen MR) is 90.2 cm³/mol. The lowest BCUT2D eigenvalue weighted by Gasteiger charge is -2.44. The summed E-state index contributed by atoms with van der Waals surface area (Å²) in [6.45, 7) is 5.64. The minimum atomic E-state index is -1.27. The van der Waals surface area contributed by atoms with Gasteiger partial charge in [-0.1, -0.05) is 12.7 Å². The van der Waals surface area contributed by atoms with E-state index in [4.69, 9.17) is 4.74 Å². The van der Waals surface area contributed by atoms with Gasteiger partial charge in [-0.15, -0.1) is 0 Å². The maximum atomic E-state index is 12.7. The van der Waals surface area contributed by atoms with E-state index in [0.717, 1.165) is 0 Å². The van der Waals surface area contributed by atoms with Crippen molar-refractivity contribution in [3.05, 3.63) is 24.3 Å². The Hall–Kier alpha value is -1.70. The van der Waals surface area contributed by atoms with E-state index < -0.39 is 51.9 Å². The molecule has 7 nitrogen and oxygen atoms in total. The molecule has 3 saturated carbocycles. The fourth-order valence-electron chi connectivity index (χ4n) is 7.13. The highest BCUT2D eigenvalue weighted by atomic mass is 16.6. The lowest BCUT2D eigenvalue weighted by Crippen LogP contribution is -2.50. The molecule has 1 heterocycles. The first-order valence-electron chi connectivity index (χ1n) is 8.86. The Balaban J connectivity index is 0.00000168. The third kappa shape index (κ3) is 1.49. The highest BCUT2D eigenvalue weighted by molar-refractivity contribution is 5.86. The summed E-state index contributed by atoms with van der Waals surface area (Å²) in [5, 5.41) is 31.6. The minimum absolute atomic E-state index is 0. The van der Waals surface area contributed by atoms with Crippen LogP contribution in [0.25, 0.3) is 0 Å². The van der Waals surface area contributed by atoms with E-state index in [1.54, 1.807) is 19.1 Å². The first-order valence-corrected chi connectivity index (χ1v) is 8.86. The molecule has 142 valence electrons. The van der Waals surface area contributed by atoms with Crippen LogP contribution in [0, 0.1) is 28.6 Å². The molecular formula is C19H25NO6. The zero-order valence-electron chi connectivity index (χ0n) is 14.8. The number of carboxylic acids is 1. The molecule has 5 aliphatic rings. The number of carbonyl (C=O) groups is 2. The summed E-state index contributed by atoms with van der Waals surface area (Å²) < 4.78 is 5.87. The highest BCUT2D eigenvalue weighted by Crippen LogP contribution is 2.77. The topological polar surface area (TPSA) is 139 Å². The van der Waals surface area contributed by atoms with Crippen molar-refractivity contribution in [1.82, 2.24) is 6.15 Å². The van der Waals surface area contributed by atoms with E-state index in [9.17, 15) is 24.9 Å². The smallest absolute Gasteiger partial charge is 0.316 e. The van der Waals surface area contributed by atoms with E-state index in [2.05, 4.69) is 6.58 Å². The van der Waals surface area contributed by atoms with Crippen molar-refractivity contribution in [1.29, 1.82) is 0 Å². The Morgan fingerprint density at radius 3 is 2.77 bits per heavy atom. The SMILES string of the molecule is C=C1C[C@]23C[C@@]1(O)CC[C@H]2[C@@]12C=C[C@H](O)[C@@](C)(C(=O)O1)[C@H]2[C@@H]3C(=O)O.N. The largest absolute Gasteiger partial charge is 0.481 e. The lowest BCUT2D eigenvalue weighted by atomic mass is 9.61. The van der Waals surface area contributed by atoms with Crippen LogP contribution in [0.15, 0.2) is 24.3 Å². The fourth-order valence-corrected chi connectivity index (χ4v) is 7.13. The monoisotopic (exact) mass is 363 g/mol. The molecule has 0 radical (unpaired) electrons. The Labute approximate surface area is 151 Å². The van der Waals surface area contributed by atoms with Crippen molar-refractivity contribution in [2.75, 3.05) is 0 Å². The van der Waals surface area contributed by atoms with Gasteiger partial charge in [0.2, 0.25) is 0 Å². The van der Waals surface area contributed by atoms with Crippen molar-refractivity contribution in [2.24, 2.45) is 28.6 Å². The Bertz CT molecular complexity index is 778. The highest BCUT2D eigenvalue weighted by Gasteiger charge is 2.83. The number of hydrogen-bond donors (Lipinski definition) is 4. The van der Waals surface area contributed by atoms with Gasteiger partial charge in [-0.25, -0.2) is 0 Å². The average molecular weight is 363 g/mol. The lowest BCUT2D eigenvalue weighted by molar-refractivity contribution is -0.163. The van der Waals surface area contributed by atoms with E-state index in [0.29, 0.717) is 31.3 Å². The van der Waals surface area contributed by atoms with E-state index in [1.807, 2.05) is 0 Å². The molecule has 4 fully saturated rings. The molecule has 7 heteroatoms. The number of aliphatic hydroxyl groups is 2. The maximum absolute atomic E-state index is 12.7. The summed E-state index contributed by atoms with van der Waals surface area (Å²) in [5.41, 5.74) is -3.29. The number of esters is 1. The maximum Gasteiger partial charge on any atom is 0.316 e. The number of rotatable bonds is 1. The summed E-state index contributed by atoms with van der Waals surface area (Å²) in [5.74, 6) is -3.18. The molecule has 0 aromatic heterocycles. The molecule has 0 aromatic rings. The molecule has 0 unspecified atom stereocenters. The summed E-state index contributed by atoms with van der Waals surface area (Å²) in [6.07, 6.45) is 4.11. The number of fused-ring (bicyclic) bond motifs is 1. The second-order valence-electron chi connectivity index (χ2n) is 8.94. The van der Waals surface area contributed by atoms with Gasteiger partial charge in [-0.3, -0.25) is 9.59 Å². The Kier molecular flexibility index (Phi) is 3.12. The van der Waals surface area contributed by atoms with Crippen molar-refractivity contribution >= 4 is 11.9 Å². The van der Waals surface area contributed by atoms with E-state index in [-0.39, 0.29) is 12.1 Å². The van der Waals surface area contributed by atoms with Crippen LogP contribution in [0.4, 0.5) is 0 Å². The number of ether oxygens (including phenoxy) is 1. The van der Waals surface area contributed by atoms with Gasteiger partial charge >= 0.3 is 11.9 Å².